The van der Waals surface area contributed by atoms with Gasteiger partial charge in [0.25, 0.3) is 5.60 Å². The number of benzene rings is 1. The third-order valence-corrected chi connectivity index (χ3v) is 6.49. The first-order chi connectivity index (χ1) is 13.5. The Morgan fingerprint density at radius 1 is 1.24 bits per heavy atom. The molecular formula is C17H10Cl2F4N2O3S. The molecule has 3 heterocycles. The SMILES string of the molecule is O=C(O)c1cc2c(s1)CN(C1=NOC(c3cc(Cl)c(F)c(Cl)c3)(C(F)(F)F)C1)C2. The molecule has 1 aromatic heterocycles. The minimum Gasteiger partial charge on any atom is -0.477 e. The lowest BCUT2D eigenvalue weighted by Crippen LogP contribution is -2.44. The van der Waals surface area contributed by atoms with Gasteiger partial charge >= 0.3 is 12.1 Å². The van der Waals surface area contributed by atoms with E-state index in [1.165, 1.54) is 6.07 Å². The van der Waals surface area contributed by atoms with Crippen molar-refractivity contribution < 1.29 is 32.3 Å². The molecule has 4 rings (SSSR count). The monoisotopic (exact) mass is 468 g/mol. The number of fused-ring (bicyclic) bond motifs is 1. The van der Waals surface area contributed by atoms with Gasteiger partial charge in [-0.3, -0.25) is 0 Å². The van der Waals surface area contributed by atoms with Gasteiger partial charge in [-0.15, -0.1) is 11.3 Å². The molecule has 12 heteroatoms. The van der Waals surface area contributed by atoms with Gasteiger partial charge in [-0.25, -0.2) is 9.18 Å². The maximum Gasteiger partial charge on any atom is 0.435 e. The molecule has 0 aliphatic carbocycles. The minimum atomic E-state index is -4.89. The second kappa shape index (κ2) is 6.75. The second-order valence-electron chi connectivity index (χ2n) is 6.57. The van der Waals surface area contributed by atoms with E-state index in [4.69, 9.17) is 33.1 Å². The summed E-state index contributed by atoms with van der Waals surface area (Å²) < 4.78 is 55.7. The summed E-state index contributed by atoms with van der Waals surface area (Å²) in [6.07, 6.45) is -5.54. The van der Waals surface area contributed by atoms with Gasteiger partial charge < -0.3 is 14.8 Å². The molecule has 2 aliphatic heterocycles. The summed E-state index contributed by atoms with van der Waals surface area (Å²) in [7, 11) is 0. The molecule has 0 saturated carbocycles. The van der Waals surface area contributed by atoms with E-state index in [-0.39, 0.29) is 23.8 Å². The zero-order valence-corrected chi connectivity index (χ0v) is 16.5. The normalized spacial score (nSPS) is 21.2. The molecule has 2 aliphatic rings. The summed E-state index contributed by atoms with van der Waals surface area (Å²) in [6.45, 7) is 0.425. The molecule has 5 nitrogen and oxygen atoms in total. The number of thiophene rings is 1. The van der Waals surface area contributed by atoms with Gasteiger partial charge in [-0.1, -0.05) is 28.4 Å². The Morgan fingerprint density at radius 2 is 1.90 bits per heavy atom. The van der Waals surface area contributed by atoms with Crippen LogP contribution >= 0.6 is 34.5 Å². The highest BCUT2D eigenvalue weighted by atomic mass is 35.5. The number of rotatable bonds is 2. The number of halogens is 6. The van der Waals surface area contributed by atoms with Crippen LogP contribution < -0.4 is 0 Å². The number of nitrogens with zero attached hydrogens (tertiary/aromatic N) is 2. The highest BCUT2D eigenvalue weighted by Gasteiger charge is 2.63. The molecule has 1 N–H and O–H groups in total. The highest BCUT2D eigenvalue weighted by molar-refractivity contribution is 7.14. The van der Waals surface area contributed by atoms with Crippen molar-refractivity contribution in [2.24, 2.45) is 5.16 Å². The third-order valence-electron chi connectivity index (χ3n) is 4.79. The van der Waals surface area contributed by atoms with Crippen LogP contribution in [0.2, 0.25) is 10.0 Å². The van der Waals surface area contributed by atoms with Crippen molar-refractivity contribution in [3.63, 3.8) is 0 Å². The molecule has 0 amide bonds. The minimum absolute atomic E-state index is 0.0409. The van der Waals surface area contributed by atoms with Crippen molar-refractivity contribution in [1.29, 1.82) is 0 Å². The third kappa shape index (κ3) is 3.23. The first kappa shape index (κ1) is 20.2. The molecular weight excluding hydrogens is 459 g/mol. The predicted molar refractivity (Wildman–Crippen MR) is 97.8 cm³/mol. The quantitative estimate of drug-likeness (QED) is 0.473. The van der Waals surface area contributed by atoms with Crippen LogP contribution in [0.5, 0.6) is 0 Å². The first-order valence-electron chi connectivity index (χ1n) is 8.08. The number of hydrogen-bond acceptors (Lipinski definition) is 5. The van der Waals surface area contributed by atoms with E-state index in [0.717, 1.165) is 28.3 Å². The van der Waals surface area contributed by atoms with Crippen LogP contribution in [0.25, 0.3) is 0 Å². The van der Waals surface area contributed by atoms with E-state index in [1.54, 1.807) is 4.90 Å². The molecule has 1 aromatic carbocycles. The van der Waals surface area contributed by atoms with E-state index in [0.29, 0.717) is 5.56 Å². The zero-order valence-electron chi connectivity index (χ0n) is 14.2. The van der Waals surface area contributed by atoms with Crippen molar-refractivity contribution in [3.05, 3.63) is 54.9 Å². The lowest BCUT2D eigenvalue weighted by molar-refractivity contribution is -0.275. The van der Waals surface area contributed by atoms with Gasteiger partial charge in [-0.05, 0) is 23.8 Å². The molecule has 0 bridgehead atoms. The standard InChI is InChI=1S/C17H10Cl2F4N2O3S/c18-9-2-8(3-10(19)14(9)20)16(17(21,22)23)4-13(24-28-16)25-5-7-1-11(15(26)27)29-12(7)6-25/h1-3H,4-6H2,(H,26,27). The summed E-state index contributed by atoms with van der Waals surface area (Å²) >= 11 is 12.4. The number of hydrogen-bond donors (Lipinski definition) is 1. The Morgan fingerprint density at radius 3 is 2.45 bits per heavy atom. The van der Waals surface area contributed by atoms with Gasteiger partial charge in [0.1, 0.15) is 10.7 Å². The van der Waals surface area contributed by atoms with Gasteiger partial charge in [0.05, 0.1) is 23.0 Å². The van der Waals surface area contributed by atoms with Crippen LogP contribution in [0.4, 0.5) is 17.6 Å². The topological polar surface area (TPSA) is 62.1 Å². The van der Waals surface area contributed by atoms with E-state index < -0.39 is 45.6 Å². The van der Waals surface area contributed by atoms with Crippen molar-refractivity contribution in [2.45, 2.75) is 31.3 Å². The van der Waals surface area contributed by atoms with Crippen LogP contribution in [0, 0.1) is 5.82 Å². The van der Waals surface area contributed by atoms with Crippen LogP contribution in [0.1, 0.15) is 32.1 Å². The zero-order chi connectivity index (χ0) is 21.1. The first-order valence-corrected chi connectivity index (χ1v) is 9.65. The summed E-state index contributed by atoms with van der Waals surface area (Å²) in [5.41, 5.74) is -2.60. The fourth-order valence-corrected chi connectivity index (χ4v) is 4.82. The number of carboxylic acids is 1. The molecule has 29 heavy (non-hydrogen) atoms. The van der Waals surface area contributed by atoms with Crippen LogP contribution in [0.15, 0.2) is 23.4 Å². The number of amidine groups is 1. The Labute approximate surface area is 175 Å². The van der Waals surface area contributed by atoms with Crippen molar-refractivity contribution >= 4 is 46.3 Å². The fourth-order valence-electron chi connectivity index (χ4n) is 3.30. The van der Waals surface area contributed by atoms with Gasteiger partial charge in [0, 0.05) is 17.0 Å². The smallest absolute Gasteiger partial charge is 0.435 e. The molecule has 2 aromatic rings. The number of carbonyl (C=O) groups is 1. The van der Waals surface area contributed by atoms with E-state index >= 15 is 0 Å². The Balaban J connectivity index is 1.62. The molecule has 0 saturated heterocycles. The Kier molecular flexibility index (Phi) is 4.71. The molecule has 154 valence electrons. The average Bonchev–Trinajstić information content (AvgIpc) is 3.30. The van der Waals surface area contributed by atoms with Gasteiger partial charge in [-0.2, -0.15) is 13.2 Å². The maximum absolute atomic E-state index is 14.0. The molecule has 0 fully saturated rings. The second-order valence-corrected chi connectivity index (χ2v) is 8.53. The lowest BCUT2D eigenvalue weighted by Gasteiger charge is -2.30. The van der Waals surface area contributed by atoms with E-state index in [2.05, 4.69) is 5.16 Å². The number of aromatic carboxylic acids is 1. The molecule has 1 unspecified atom stereocenters. The van der Waals surface area contributed by atoms with Gasteiger partial charge in [0.2, 0.25) is 0 Å². The highest BCUT2D eigenvalue weighted by Crippen LogP contribution is 2.50. The molecule has 0 radical (unpaired) electrons. The van der Waals surface area contributed by atoms with Crippen LogP contribution in [-0.4, -0.2) is 28.0 Å². The summed E-state index contributed by atoms with van der Waals surface area (Å²) in [6, 6.07) is 3.15. The van der Waals surface area contributed by atoms with Crippen molar-refractivity contribution in [1.82, 2.24) is 4.90 Å². The van der Waals surface area contributed by atoms with E-state index in [1.807, 2.05) is 0 Å². The van der Waals surface area contributed by atoms with Gasteiger partial charge in [0.15, 0.2) is 5.82 Å². The Bertz CT molecular complexity index is 1010. The summed E-state index contributed by atoms with van der Waals surface area (Å²) in [5.74, 6) is -2.04. The largest absolute Gasteiger partial charge is 0.477 e. The number of carboxylic acid groups (broad SMARTS) is 1. The fraction of sp³-hybridized carbons (Fsp3) is 0.294. The average molecular weight is 469 g/mol. The van der Waals surface area contributed by atoms with Crippen molar-refractivity contribution in [2.75, 3.05) is 0 Å². The van der Waals surface area contributed by atoms with Crippen LogP contribution in [0.3, 0.4) is 0 Å². The number of alkyl halides is 3. The lowest BCUT2D eigenvalue weighted by atomic mass is 9.89. The molecule has 1 atom stereocenters. The number of oxime groups is 1. The van der Waals surface area contributed by atoms with E-state index in [9.17, 15) is 22.4 Å². The maximum atomic E-state index is 14.0. The van der Waals surface area contributed by atoms with Crippen molar-refractivity contribution in [3.8, 4) is 0 Å². The molecule has 0 spiro atoms. The summed E-state index contributed by atoms with van der Waals surface area (Å²) in [5, 5.41) is 11.6. The summed E-state index contributed by atoms with van der Waals surface area (Å²) in [4.78, 5) is 18.4. The Hall–Kier alpha value is -2.04. The predicted octanol–water partition coefficient (Wildman–Crippen LogP) is 5.40. The van der Waals surface area contributed by atoms with Crippen LogP contribution in [-0.2, 0) is 23.5 Å².